The predicted molar refractivity (Wildman–Crippen MR) is 86.6 cm³/mol. The SMILES string of the molecule is NC(=NCc1ccc(C(F)(F)F)cc1)NCCCN1CCOCC1. The largest absolute Gasteiger partial charge is 0.416 e. The van der Waals surface area contributed by atoms with Gasteiger partial charge in [-0.15, -0.1) is 0 Å². The molecule has 0 atom stereocenters. The lowest BCUT2D eigenvalue weighted by atomic mass is 10.1. The van der Waals surface area contributed by atoms with Crippen LogP contribution >= 0.6 is 0 Å². The fourth-order valence-corrected chi connectivity index (χ4v) is 2.38. The van der Waals surface area contributed by atoms with Gasteiger partial charge in [0.25, 0.3) is 0 Å². The molecule has 3 N–H and O–H groups in total. The number of aliphatic imine (C=N–C) groups is 1. The zero-order valence-electron chi connectivity index (χ0n) is 13.5. The van der Waals surface area contributed by atoms with Gasteiger partial charge in [-0.1, -0.05) is 12.1 Å². The topological polar surface area (TPSA) is 62.9 Å². The van der Waals surface area contributed by atoms with Crippen LogP contribution in [-0.2, 0) is 17.5 Å². The molecule has 0 saturated carbocycles. The van der Waals surface area contributed by atoms with Crippen LogP contribution in [0.25, 0.3) is 0 Å². The minimum Gasteiger partial charge on any atom is -0.379 e. The van der Waals surface area contributed by atoms with Gasteiger partial charge in [0, 0.05) is 19.6 Å². The number of halogens is 3. The number of morpholine rings is 1. The smallest absolute Gasteiger partial charge is 0.379 e. The van der Waals surface area contributed by atoms with Crippen LogP contribution in [0.3, 0.4) is 0 Å². The second-order valence-electron chi connectivity index (χ2n) is 5.63. The van der Waals surface area contributed by atoms with Crippen LogP contribution in [0.1, 0.15) is 17.5 Å². The monoisotopic (exact) mass is 344 g/mol. The zero-order chi connectivity index (χ0) is 17.4. The molecule has 0 unspecified atom stereocenters. The van der Waals surface area contributed by atoms with Crippen LogP contribution in [0.5, 0.6) is 0 Å². The minimum absolute atomic E-state index is 0.250. The third-order valence-corrected chi connectivity index (χ3v) is 3.77. The van der Waals surface area contributed by atoms with Crippen LogP contribution in [0, 0.1) is 0 Å². The molecule has 5 nitrogen and oxygen atoms in total. The van der Waals surface area contributed by atoms with Crippen LogP contribution < -0.4 is 11.1 Å². The van der Waals surface area contributed by atoms with Crippen molar-refractivity contribution in [2.24, 2.45) is 10.7 Å². The first-order valence-corrected chi connectivity index (χ1v) is 7.95. The highest BCUT2D eigenvalue weighted by atomic mass is 19.4. The Kier molecular flexibility index (Phi) is 6.86. The Balaban J connectivity index is 1.67. The Morgan fingerprint density at radius 1 is 1.21 bits per heavy atom. The third kappa shape index (κ3) is 6.37. The van der Waals surface area contributed by atoms with Crippen LogP contribution in [0.15, 0.2) is 29.3 Å². The molecule has 1 aromatic rings. The Morgan fingerprint density at radius 3 is 2.50 bits per heavy atom. The van der Waals surface area contributed by atoms with Crippen molar-refractivity contribution in [2.45, 2.75) is 19.1 Å². The molecule has 1 aromatic carbocycles. The molecule has 0 bridgehead atoms. The molecule has 1 fully saturated rings. The molecule has 1 heterocycles. The number of ether oxygens (including phenoxy) is 1. The summed E-state index contributed by atoms with van der Waals surface area (Å²) in [4.78, 5) is 6.47. The molecule has 0 aromatic heterocycles. The zero-order valence-corrected chi connectivity index (χ0v) is 13.5. The van der Waals surface area contributed by atoms with Crippen molar-refractivity contribution in [3.8, 4) is 0 Å². The summed E-state index contributed by atoms with van der Waals surface area (Å²) in [7, 11) is 0. The summed E-state index contributed by atoms with van der Waals surface area (Å²) in [5.74, 6) is 0.303. The standard InChI is InChI=1S/C16H23F3N4O/c17-16(18,19)14-4-2-13(3-5-14)12-22-15(20)21-6-1-7-23-8-10-24-11-9-23/h2-5H,1,6-12H2,(H3,20,21,22). The summed E-state index contributed by atoms with van der Waals surface area (Å²) in [6.45, 7) is 5.41. The lowest BCUT2D eigenvalue weighted by Crippen LogP contribution is -2.39. The van der Waals surface area contributed by atoms with Crippen molar-refractivity contribution in [3.05, 3.63) is 35.4 Å². The first-order chi connectivity index (χ1) is 11.4. The maximum atomic E-state index is 12.5. The van der Waals surface area contributed by atoms with E-state index in [9.17, 15) is 13.2 Å². The number of nitrogens with two attached hydrogens (primary N) is 1. The quantitative estimate of drug-likeness (QED) is 0.470. The van der Waals surface area contributed by atoms with Crippen LogP contribution in [0.4, 0.5) is 13.2 Å². The fourth-order valence-electron chi connectivity index (χ4n) is 2.38. The van der Waals surface area contributed by atoms with Gasteiger partial charge in [-0.2, -0.15) is 13.2 Å². The third-order valence-electron chi connectivity index (χ3n) is 3.77. The number of nitrogens with zero attached hydrogens (tertiary/aromatic N) is 2. The summed E-state index contributed by atoms with van der Waals surface area (Å²) in [5, 5.41) is 3.02. The molecule has 0 aliphatic carbocycles. The first-order valence-electron chi connectivity index (χ1n) is 7.95. The maximum Gasteiger partial charge on any atom is 0.416 e. The van der Waals surface area contributed by atoms with Gasteiger partial charge in [0.05, 0.1) is 25.3 Å². The highest BCUT2D eigenvalue weighted by molar-refractivity contribution is 5.77. The van der Waals surface area contributed by atoms with Crippen molar-refractivity contribution < 1.29 is 17.9 Å². The Morgan fingerprint density at radius 2 is 1.88 bits per heavy atom. The van der Waals surface area contributed by atoms with Gasteiger partial charge in [0.1, 0.15) is 0 Å². The van der Waals surface area contributed by atoms with Crippen LogP contribution in [0.2, 0.25) is 0 Å². The lowest BCUT2D eigenvalue weighted by molar-refractivity contribution is -0.137. The van der Waals surface area contributed by atoms with Gasteiger partial charge in [-0.25, -0.2) is 4.99 Å². The molecule has 1 saturated heterocycles. The summed E-state index contributed by atoms with van der Waals surface area (Å²) < 4.78 is 42.7. The van der Waals surface area contributed by atoms with Crippen molar-refractivity contribution in [1.29, 1.82) is 0 Å². The summed E-state index contributed by atoms with van der Waals surface area (Å²) in [6, 6.07) is 4.93. The van der Waals surface area contributed by atoms with Gasteiger partial charge in [-0.05, 0) is 30.7 Å². The van der Waals surface area contributed by atoms with Gasteiger partial charge in [-0.3, -0.25) is 4.90 Å². The normalized spacial score (nSPS) is 17.0. The van der Waals surface area contributed by atoms with Crippen molar-refractivity contribution >= 4 is 5.96 Å². The van der Waals surface area contributed by atoms with Crippen molar-refractivity contribution in [3.63, 3.8) is 0 Å². The second kappa shape index (κ2) is 8.89. The number of hydrogen-bond acceptors (Lipinski definition) is 3. The molecular formula is C16H23F3N4O. The molecule has 2 rings (SSSR count). The van der Waals surface area contributed by atoms with Gasteiger partial charge in [0.15, 0.2) is 5.96 Å². The number of hydrogen-bond donors (Lipinski definition) is 2. The molecule has 8 heteroatoms. The van der Waals surface area contributed by atoms with Gasteiger partial charge < -0.3 is 15.8 Å². The molecule has 0 amide bonds. The highest BCUT2D eigenvalue weighted by Crippen LogP contribution is 2.29. The summed E-state index contributed by atoms with van der Waals surface area (Å²) in [5.41, 5.74) is 5.78. The number of benzene rings is 1. The number of rotatable bonds is 6. The summed E-state index contributed by atoms with van der Waals surface area (Å²) >= 11 is 0. The highest BCUT2D eigenvalue weighted by Gasteiger charge is 2.29. The number of nitrogens with one attached hydrogen (secondary N) is 1. The average Bonchev–Trinajstić information content (AvgIpc) is 2.57. The van der Waals surface area contributed by atoms with E-state index in [0.29, 0.717) is 18.1 Å². The average molecular weight is 344 g/mol. The lowest BCUT2D eigenvalue weighted by Gasteiger charge is -2.26. The van der Waals surface area contributed by atoms with Gasteiger partial charge in [0.2, 0.25) is 0 Å². The van der Waals surface area contributed by atoms with E-state index in [2.05, 4.69) is 15.2 Å². The number of guanidine groups is 1. The second-order valence-corrected chi connectivity index (χ2v) is 5.63. The molecule has 0 spiro atoms. The molecule has 1 aliphatic rings. The van der Waals surface area contributed by atoms with E-state index in [1.54, 1.807) is 0 Å². The van der Waals surface area contributed by atoms with Crippen molar-refractivity contribution in [1.82, 2.24) is 10.2 Å². The summed E-state index contributed by atoms with van der Waals surface area (Å²) in [6.07, 6.45) is -3.38. The molecule has 24 heavy (non-hydrogen) atoms. The Bertz CT molecular complexity index is 525. The van der Waals surface area contributed by atoms with E-state index in [4.69, 9.17) is 10.5 Å². The molecular weight excluding hydrogens is 321 g/mol. The molecule has 0 radical (unpaired) electrons. The van der Waals surface area contributed by atoms with Crippen LogP contribution in [-0.4, -0.2) is 50.3 Å². The Labute approximate surface area is 139 Å². The van der Waals surface area contributed by atoms with E-state index >= 15 is 0 Å². The van der Waals surface area contributed by atoms with E-state index in [0.717, 1.165) is 51.4 Å². The fraction of sp³-hybridized carbons (Fsp3) is 0.562. The van der Waals surface area contributed by atoms with Crippen molar-refractivity contribution in [2.75, 3.05) is 39.4 Å². The first kappa shape index (κ1) is 18.5. The predicted octanol–water partition coefficient (Wildman–Crippen LogP) is 1.83. The van der Waals surface area contributed by atoms with E-state index in [1.165, 1.54) is 12.1 Å². The van der Waals surface area contributed by atoms with E-state index < -0.39 is 11.7 Å². The minimum atomic E-state index is -4.32. The Hall–Kier alpha value is -1.80. The van der Waals surface area contributed by atoms with Gasteiger partial charge >= 0.3 is 6.18 Å². The maximum absolute atomic E-state index is 12.5. The van der Waals surface area contributed by atoms with E-state index in [-0.39, 0.29) is 6.54 Å². The molecule has 1 aliphatic heterocycles. The molecule has 134 valence electrons. The van der Waals surface area contributed by atoms with E-state index in [1.807, 2.05) is 0 Å². The number of alkyl halides is 3.